The van der Waals surface area contributed by atoms with Crippen LogP contribution in [0.5, 0.6) is 0 Å². The lowest BCUT2D eigenvalue weighted by atomic mass is 9.98. The zero-order valence-corrected chi connectivity index (χ0v) is 10.1. The lowest BCUT2D eigenvalue weighted by molar-refractivity contribution is -0.127. The van der Waals surface area contributed by atoms with Crippen LogP contribution >= 0.6 is 0 Å². The van der Waals surface area contributed by atoms with Crippen molar-refractivity contribution in [3.63, 3.8) is 0 Å². The molecule has 1 aromatic carbocycles. The number of hydrogen-bond acceptors (Lipinski definition) is 2. The molecule has 0 atom stereocenters. The Hall–Kier alpha value is -1.64. The standard InChI is InChI=1S/C14H17NO2/c1-11-7-9-15(10-8-11)14(17)13(16)12-5-3-2-4-6-12/h2-6,11H,7-10H2,1H3. The second kappa shape index (κ2) is 5.13. The van der Waals surface area contributed by atoms with E-state index >= 15 is 0 Å². The molecule has 90 valence electrons. The quantitative estimate of drug-likeness (QED) is 0.577. The molecular formula is C14H17NO2. The van der Waals surface area contributed by atoms with E-state index in [4.69, 9.17) is 0 Å². The number of carbonyl (C=O) groups excluding carboxylic acids is 2. The Labute approximate surface area is 101 Å². The molecule has 1 saturated heterocycles. The summed E-state index contributed by atoms with van der Waals surface area (Å²) in [5, 5.41) is 0. The van der Waals surface area contributed by atoms with Crippen LogP contribution in [-0.4, -0.2) is 29.7 Å². The molecule has 2 rings (SSSR count). The van der Waals surface area contributed by atoms with Gasteiger partial charge in [0.05, 0.1) is 0 Å². The van der Waals surface area contributed by atoms with Crippen molar-refractivity contribution in [2.24, 2.45) is 5.92 Å². The van der Waals surface area contributed by atoms with Gasteiger partial charge in [-0.2, -0.15) is 0 Å². The molecule has 1 amide bonds. The number of ketones is 1. The third-order valence-corrected chi connectivity index (χ3v) is 3.30. The fraction of sp³-hybridized carbons (Fsp3) is 0.429. The molecule has 0 spiro atoms. The number of rotatable bonds is 2. The molecule has 0 radical (unpaired) electrons. The van der Waals surface area contributed by atoms with Gasteiger partial charge in [-0.25, -0.2) is 0 Å². The molecule has 1 aliphatic heterocycles. The van der Waals surface area contributed by atoms with E-state index in [1.807, 2.05) is 6.07 Å². The minimum absolute atomic E-state index is 0.358. The highest BCUT2D eigenvalue weighted by atomic mass is 16.2. The first-order valence-electron chi connectivity index (χ1n) is 6.07. The highest BCUT2D eigenvalue weighted by molar-refractivity contribution is 6.42. The Morgan fingerprint density at radius 1 is 1.12 bits per heavy atom. The smallest absolute Gasteiger partial charge is 0.294 e. The zero-order chi connectivity index (χ0) is 12.3. The minimum Gasteiger partial charge on any atom is -0.336 e. The summed E-state index contributed by atoms with van der Waals surface area (Å²) in [6, 6.07) is 8.76. The first-order chi connectivity index (χ1) is 8.18. The highest BCUT2D eigenvalue weighted by Crippen LogP contribution is 2.16. The van der Waals surface area contributed by atoms with Crippen LogP contribution in [0.15, 0.2) is 30.3 Å². The Bertz CT molecular complexity index is 405. The summed E-state index contributed by atoms with van der Waals surface area (Å²) in [7, 11) is 0. The average molecular weight is 231 g/mol. The maximum Gasteiger partial charge on any atom is 0.294 e. The topological polar surface area (TPSA) is 37.4 Å². The number of carbonyl (C=O) groups is 2. The Morgan fingerprint density at radius 2 is 1.71 bits per heavy atom. The maximum absolute atomic E-state index is 12.0. The number of Topliss-reactive ketones (excluding diaryl/α,β-unsaturated/α-hetero) is 1. The third-order valence-electron chi connectivity index (χ3n) is 3.30. The van der Waals surface area contributed by atoms with Crippen molar-refractivity contribution in [3.05, 3.63) is 35.9 Å². The van der Waals surface area contributed by atoms with Gasteiger partial charge in [0.15, 0.2) is 0 Å². The molecule has 0 saturated carbocycles. The number of hydrogen-bond donors (Lipinski definition) is 0. The first kappa shape index (κ1) is 11.8. The average Bonchev–Trinajstić information content (AvgIpc) is 2.39. The predicted octanol–water partition coefficient (Wildman–Crippen LogP) is 2.13. The molecule has 1 fully saturated rings. The highest BCUT2D eigenvalue weighted by Gasteiger charge is 2.25. The van der Waals surface area contributed by atoms with E-state index in [1.54, 1.807) is 29.2 Å². The molecule has 1 aromatic rings. The minimum atomic E-state index is -0.389. The van der Waals surface area contributed by atoms with Crippen molar-refractivity contribution < 1.29 is 9.59 Å². The van der Waals surface area contributed by atoms with Gasteiger partial charge in [0.1, 0.15) is 0 Å². The van der Waals surface area contributed by atoms with Crippen LogP contribution in [0.3, 0.4) is 0 Å². The molecule has 0 unspecified atom stereocenters. The fourth-order valence-electron chi connectivity index (χ4n) is 2.07. The van der Waals surface area contributed by atoms with E-state index in [0.717, 1.165) is 12.8 Å². The SMILES string of the molecule is CC1CCN(C(=O)C(=O)c2ccccc2)CC1. The molecule has 3 nitrogen and oxygen atoms in total. The fourth-order valence-corrected chi connectivity index (χ4v) is 2.07. The Balaban J connectivity index is 2.03. The van der Waals surface area contributed by atoms with Gasteiger partial charge >= 0.3 is 0 Å². The third kappa shape index (κ3) is 2.73. The van der Waals surface area contributed by atoms with Crippen molar-refractivity contribution in [2.75, 3.05) is 13.1 Å². The molecule has 1 heterocycles. The van der Waals surface area contributed by atoms with Gasteiger partial charge in [-0.1, -0.05) is 37.3 Å². The summed E-state index contributed by atoms with van der Waals surface area (Å²) in [5.41, 5.74) is 0.483. The lowest BCUT2D eigenvalue weighted by Gasteiger charge is -2.29. The van der Waals surface area contributed by atoms with Crippen molar-refractivity contribution in [1.29, 1.82) is 0 Å². The summed E-state index contributed by atoms with van der Waals surface area (Å²) in [6.45, 7) is 3.60. The zero-order valence-electron chi connectivity index (χ0n) is 10.1. The van der Waals surface area contributed by atoms with Gasteiger partial charge < -0.3 is 4.90 Å². The van der Waals surface area contributed by atoms with Gasteiger partial charge in [-0.15, -0.1) is 0 Å². The van der Waals surface area contributed by atoms with Crippen molar-refractivity contribution in [2.45, 2.75) is 19.8 Å². The monoisotopic (exact) mass is 231 g/mol. The van der Waals surface area contributed by atoms with E-state index in [2.05, 4.69) is 6.92 Å². The Morgan fingerprint density at radius 3 is 2.29 bits per heavy atom. The van der Waals surface area contributed by atoms with Crippen molar-refractivity contribution in [3.8, 4) is 0 Å². The van der Waals surface area contributed by atoms with Crippen LogP contribution in [0.25, 0.3) is 0 Å². The van der Waals surface area contributed by atoms with Crippen molar-refractivity contribution >= 4 is 11.7 Å². The van der Waals surface area contributed by atoms with E-state index in [0.29, 0.717) is 24.6 Å². The van der Waals surface area contributed by atoms with Gasteiger partial charge in [0, 0.05) is 18.7 Å². The summed E-state index contributed by atoms with van der Waals surface area (Å²) in [5.74, 6) is -0.0888. The molecule has 0 N–H and O–H groups in total. The van der Waals surface area contributed by atoms with Crippen LogP contribution in [0.2, 0.25) is 0 Å². The lowest BCUT2D eigenvalue weighted by Crippen LogP contribution is -2.41. The van der Waals surface area contributed by atoms with Crippen LogP contribution in [0, 0.1) is 5.92 Å². The molecule has 17 heavy (non-hydrogen) atoms. The first-order valence-corrected chi connectivity index (χ1v) is 6.07. The van der Waals surface area contributed by atoms with Crippen molar-refractivity contribution in [1.82, 2.24) is 4.90 Å². The number of benzene rings is 1. The second-order valence-electron chi connectivity index (χ2n) is 4.67. The molecule has 1 aliphatic rings. The molecule has 0 aliphatic carbocycles. The van der Waals surface area contributed by atoms with Gasteiger partial charge in [-0.3, -0.25) is 9.59 Å². The number of likely N-dealkylation sites (tertiary alicyclic amines) is 1. The van der Waals surface area contributed by atoms with E-state index in [-0.39, 0.29) is 11.7 Å². The van der Waals surface area contributed by atoms with E-state index in [9.17, 15) is 9.59 Å². The van der Waals surface area contributed by atoms with Crippen LogP contribution < -0.4 is 0 Å². The van der Waals surface area contributed by atoms with Crippen LogP contribution in [-0.2, 0) is 4.79 Å². The second-order valence-corrected chi connectivity index (χ2v) is 4.67. The summed E-state index contributed by atoms with van der Waals surface area (Å²) in [6.07, 6.45) is 1.99. The maximum atomic E-state index is 12.0. The number of nitrogens with zero attached hydrogens (tertiary/aromatic N) is 1. The Kier molecular flexibility index (Phi) is 3.57. The molecule has 0 aromatic heterocycles. The number of amides is 1. The van der Waals surface area contributed by atoms with Crippen LogP contribution in [0.1, 0.15) is 30.1 Å². The van der Waals surface area contributed by atoms with Gasteiger partial charge in [0.25, 0.3) is 5.91 Å². The summed E-state index contributed by atoms with van der Waals surface area (Å²) >= 11 is 0. The molecule has 0 bridgehead atoms. The van der Waals surface area contributed by atoms with Crippen LogP contribution in [0.4, 0.5) is 0 Å². The predicted molar refractivity (Wildman–Crippen MR) is 65.8 cm³/mol. The van der Waals surface area contributed by atoms with Gasteiger partial charge in [0.2, 0.25) is 5.78 Å². The van der Waals surface area contributed by atoms with E-state index < -0.39 is 0 Å². The molecule has 3 heteroatoms. The van der Waals surface area contributed by atoms with Gasteiger partial charge in [-0.05, 0) is 18.8 Å². The number of piperidine rings is 1. The largest absolute Gasteiger partial charge is 0.336 e. The normalized spacial score (nSPS) is 16.9. The van der Waals surface area contributed by atoms with E-state index in [1.165, 1.54) is 0 Å². The summed E-state index contributed by atoms with van der Waals surface area (Å²) < 4.78 is 0. The molecular weight excluding hydrogens is 214 g/mol. The summed E-state index contributed by atoms with van der Waals surface area (Å²) in [4.78, 5) is 25.6.